The van der Waals surface area contributed by atoms with Gasteiger partial charge >= 0.3 is 23.9 Å². The van der Waals surface area contributed by atoms with Gasteiger partial charge in [0.15, 0.2) is 0 Å². The van der Waals surface area contributed by atoms with Crippen molar-refractivity contribution in [1.82, 2.24) is 59.5 Å². The predicted molar refractivity (Wildman–Crippen MR) is 440 cm³/mol. The second-order valence-corrected chi connectivity index (χ2v) is 31.5. The topological polar surface area (TPSA) is 351 Å². The number of nitrogens with one attached hydrogen (secondary N) is 4. The van der Waals surface area contributed by atoms with Crippen LogP contribution >= 0.6 is 0 Å². The molecule has 0 radical (unpaired) electrons. The molecule has 4 N–H and O–H groups in total. The zero-order valence-electron chi connectivity index (χ0n) is 68.8. The molecule has 0 aromatic carbocycles. The molecule has 5 fully saturated rings. The Morgan fingerprint density at radius 1 is 0.456 bits per heavy atom. The highest BCUT2D eigenvalue weighted by atomic mass is 16.5. The van der Waals surface area contributed by atoms with Crippen LogP contribution in [0.15, 0.2) is 73.8 Å². The van der Waals surface area contributed by atoms with Crippen molar-refractivity contribution in [2.45, 2.75) is 176 Å². The van der Waals surface area contributed by atoms with Gasteiger partial charge in [0.25, 0.3) is 0 Å². The fraction of sp³-hybridized carbons (Fsp3) is 0.565. The first-order valence-corrected chi connectivity index (χ1v) is 40.5. The number of aromatic nitrogens is 8. The summed E-state index contributed by atoms with van der Waals surface area (Å²) in [5.74, 6) is 0.528. The van der Waals surface area contributed by atoms with Crippen molar-refractivity contribution >= 4 is 103 Å². The van der Waals surface area contributed by atoms with E-state index in [0.717, 1.165) is 158 Å². The van der Waals surface area contributed by atoms with Gasteiger partial charge in [-0.3, -0.25) is 9.59 Å². The number of rotatable bonds is 22. The van der Waals surface area contributed by atoms with Crippen molar-refractivity contribution in [2.24, 2.45) is 29.6 Å². The van der Waals surface area contributed by atoms with Gasteiger partial charge in [-0.1, -0.05) is 40.5 Å². The Morgan fingerprint density at radius 3 is 1.10 bits per heavy atom. The normalized spacial score (nSPS) is 20.6. The highest BCUT2D eigenvalue weighted by Gasteiger charge is 2.40. The quantitative estimate of drug-likeness (QED) is 0.0362. The Kier molecular flexibility index (Phi) is 29.9. The SMILES string of the molecule is CC(C)OC(=O)c1cnc2[nH]ccc2c1N(C)[C@@H]1CN(C(=O)CC#N)CC[C@@H]1C.CC(C)OC(=O)c1cnc2[nH]ccc2c1N(C)[C@H]1CN(CCC#N)CC[C@H]1C.CCOC(=O)c1cnc2[nH]ccc2c1N(C)[C@@H]1CN(CCC#N)CC[C@@H]1C.CCOC(=O)c1cnc2[nH]ccc2c1N(C)[C@H]1CN(C(=O)C2CCCC2)CC[C@H]1C. The average Bonchev–Trinajstić information content (AvgIpc) is 1.48. The lowest BCUT2D eigenvalue weighted by molar-refractivity contribution is -0.137. The Labute approximate surface area is 669 Å². The van der Waals surface area contributed by atoms with Crippen LogP contribution in [0.1, 0.15) is 181 Å². The Morgan fingerprint density at radius 2 is 0.772 bits per heavy atom. The predicted octanol–water partition coefficient (Wildman–Crippen LogP) is 12.3. The number of carbonyl (C=O) groups is 6. The summed E-state index contributed by atoms with van der Waals surface area (Å²) in [6.45, 7) is 28.4. The van der Waals surface area contributed by atoms with Crippen LogP contribution in [0, 0.1) is 63.6 Å². The second kappa shape index (κ2) is 39.8. The number of pyridine rings is 4. The molecule has 0 unspecified atom stereocenters. The van der Waals surface area contributed by atoms with Crippen molar-refractivity contribution in [1.29, 1.82) is 15.8 Å². The van der Waals surface area contributed by atoms with Gasteiger partial charge in [0.2, 0.25) is 11.8 Å². The van der Waals surface area contributed by atoms with E-state index in [1.165, 1.54) is 0 Å². The largest absolute Gasteiger partial charge is 0.462 e. The van der Waals surface area contributed by atoms with Crippen LogP contribution in [-0.4, -0.2) is 238 Å². The molecule has 1 saturated carbocycles. The number of piperidine rings is 4. The number of carbonyl (C=O) groups excluding carboxylic acids is 6. The summed E-state index contributed by atoms with van der Waals surface area (Å²) >= 11 is 0. The molecule has 2 amide bonds. The standard InChI is InChI=1S/C23H32N4O3.C21H27N5O3.C21H29N5O2.C20H27N5O2/c1-4-30-23(29)18-13-25-21-17(9-11-24-21)20(18)26(3)19-14-27(12-10-15(19)2)22(28)16-7-5-6-8-16;1-13(2)29-21(28)16-11-24-20-15(6-9-23-20)19(16)25(4)17-12-26(10-7-14(17)3)18(27)5-8-22;1-14(2)28-21(27)17-12-24-20-16(6-9-23-20)19(17)25(4)18-13-26(10-5-8-22)11-7-15(18)3;1-4-27-20(26)16-12-23-19-15(6-9-22-19)18(16)24(3)17-13-25(10-5-8-21)11-7-14(17)2/h9,11,13,15-16,19H,4-8,10,12,14H2,1-3H3,(H,24,25);6,9,11,13-14,17H,5,7,10,12H2,1-4H3,(H,23,24);6,9,12,14-15,18H,5,7,10-11,13H2,1-4H3,(H,23,24);6,9,12,14,17H,4-5,7,10-11,13H2,1-3H3,(H,22,23)/t15-,19+;14-,17+;15-,18+;14-,17+/m1010/s1. The minimum Gasteiger partial charge on any atom is -0.462 e. The maximum atomic E-state index is 13.1. The number of nitrogens with zero attached hydrogens (tertiary/aromatic N) is 15. The second-order valence-electron chi connectivity index (χ2n) is 31.5. The number of anilines is 4. The van der Waals surface area contributed by atoms with Crippen LogP contribution in [-0.2, 0) is 28.5 Å². The average molecular weight is 1560 g/mol. The Balaban J connectivity index is 0.000000161. The monoisotopic (exact) mass is 1560 g/mol. The highest BCUT2D eigenvalue weighted by Crippen LogP contribution is 2.40. The lowest BCUT2D eigenvalue weighted by atomic mass is 9.90. The molecule has 8 atom stereocenters. The van der Waals surface area contributed by atoms with Crippen LogP contribution in [0.4, 0.5) is 22.7 Å². The lowest BCUT2D eigenvalue weighted by Crippen LogP contribution is -2.53. The zero-order valence-corrected chi connectivity index (χ0v) is 68.8. The van der Waals surface area contributed by atoms with Gasteiger partial charge in [0.05, 0.1) is 66.4 Å². The lowest BCUT2D eigenvalue weighted by Gasteiger charge is -2.43. The van der Waals surface area contributed by atoms with Crippen LogP contribution in [0.25, 0.3) is 44.1 Å². The molecule has 1 aliphatic carbocycles. The minimum absolute atomic E-state index is 0.00232. The van der Waals surface area contributed by atoms with Gasteiger partial charge in [0, 0.05) is 195 Å². The number of fused-ring (bicyclic) bond motifs is 4. The first-order valence-electron chi connectivity index (χ1n) is 40.5. The number of amides is 2. The van der Waals surface area contributed by atoms with E-state index >= 15 is 0 Å². The number of ether oxygens (including phenoxy) is 4. The van der Waals surface area contributed by atoms with E-state index in [4.69, 9.17) is 34.7 Å². The molecule has 5 aliphatic rings. The molecule has 4 aliphatic heterocycles. The number of likely N-dealkylation sites (tertiary alicyclic amines) is 4. The number of esters is 4. The molecule has 4 saturated heterocycles. The van der Waals surface area contributed by atoms with Crippen LogP contribution < -0.4 is 19.6 Å². The van der Waals surface area contributed by atoms with Crippen molar-refractivity contribution < 1.29 is 47.7 Å². The molecule has 29 nitrogen and oxygen atoms in total. The van der Waals surface area contributed by atoms with Gasteiger partial charge < -0.3 is 78.1 Å². The van der Waals surface area contributed by atoms with Gasteiger partial charge in [0.1, 0.15) is 51.3 Å². The molecule has 610 valence electrons. The third-order valence-electron chi connectivity index (χ3n) is 23.3. The summed E-state index contributed by atoms with van der Waals surface area (Å²) in [6, 6.07) is 14.8. The first-order chi connectivity index (χ1) is 54.8. The van der Waals surface area contributed by atoms with Crippen molar-refractivity contribution in [2.75, 3.05) is 126 Å². The zero-order chi connectivity index (χ0) is 82.0. The minimum atomic E-state index is -0.418. The summed E-state index contributed by atoms with van der Waals surface area (Å²) < 4.78 is 21.5. The molecule has 12 heterocycles. The maximum absolute atomic E-state index is 13.1. The summed E-state index contributed by atoms with van der Waals surface area (Å²) in [6.07, 6.45) is 22.5. The number of aromatic amines is 4. The number of likely N-dealkylation sites (N-methyl/N-ethyl adjacent to an activating group) is 4. The summed E-state index contributed by atoms with van der Waals surface area (Å²) in [5, 5.41) is 30.2. The molecule has 0 bridgehead atoms. The summed E-state index contributed by atoms with van der Waals surface area (Å²) in [4.78, 5) is 123. The van der Waals surface area contributed by atoms with E-state index in [1.807, 2.05) is 105 Å². The van der Waals surface area contributed by atoms with Crippen LogP contribution in [0.2, 0.25) is 0 Å². The first kappa shape index (κ1) is 85.6. The van der Waals surface area contributed by atoms with E-state index in [1.54, 1.807) is 49.7 Å². The maximum Gasteiger partial charge on any atom is 0.342 e. The van der Waals surface area contributed by atoms with E-state index in [9.17, 15) is 28.8 Å². The van der Waals surface area contributed by atoms with Gasteiger partial charge in [-0.15, -0.1) is 0 Å². The van der Waals surface area contributed by atoms with Crippen molar-refractivity contribution in [3.63, 3.8) is 0 Å². The smallest absolute Gasteiger partial charge is 0.342 e. The van der Waals surface area contributed by atoms with E-state index in [0.29, 0.717) is 103 Å². The summed E-state index contributed by atoms with van der Waals surface area (Å²) in [5.41, 5.74) is 8.09. The third-order valence-corrected chi connectivity index (χ3v) is 23.3. The van der Waals surface area contributed by atoms with Crippen molar-refractivity contribution in [3.05, 3.63) is 96.1 Å². The molecule has 13 rings (SSSR count). The van der Waals surface area contributed by atoms with E-state index < -0.39 is 5.97 Å². The fourth-order valence-corrected chi connectivity index (χ4v) is 16.9. The van der Waals surface area contributed by atoms with Crippen LogP contribution in [0.5, 0.6) is 0 Å². The summed E-state index contributed by atoms with van der Waals surface area (Å²) in [7, 11) is 8.05. The molecule has 8 aromatic heterocycles. The van der Waals surface area contributed by atoms with Crippen molar-refractivity contribution in [3.8, 4) is 18.2 Å². The molecule has 8 aromatic rings. The molecule has 29 heteroatoms. The Bertz CT molecular complexity index is 4750. The molecule has 114 heavy (non-hydrogen) atoms. The van der Waals surface area contributed by atoms with Gasteiger partial charge in [-0.05, 0) is 141 Å². The number of nitriles is 3. The molecular weight excluding hydrogens is 1450 g/mol. The molecule has 0 spiro atoms. The number of H-pyrrole nitrogens is 4. The van der Waals surface area contributed by atoms with E-state index in [-0.39, 0.29) is 72.5 Å². The highest BCUT2D eigenvalue weighted by molar-refractivity contribution is 6.08. The van der Waals surface area contributed by atoms with E-state index in [2.05, 4.69) is 114 Å². The number of hydrogen-bond acceptors (Lipinski definition) is 23. The third kappa shape index (κ3) is 20.0. The van der Waals surface area contributed by atoms with Gasteiger partial charge in [-0.2, -0.15) is 15.8 Å². The molecular formula is C85H115N19O10. The van der Waals surface area contributed by atoms with Gasteiger partial charge in [-0.25, -0.2) is 39.1 Å². The Hall–Kier alpha value is -10.8. The van der Waals surface area contributed by atoms with Crippen LogP contribution in [0.3, 0.4) is 0 Å². The fourth-order valence-electron chi connectivity index (χ4n) is 16.9. The number of hydrogen-bond donors (Lipinski definition) is 4.